The molecule has 78 valence electrons. The Bertz CT molecular complexity index is 531. The Hall–Kier alpha value is -1.84. The normalized spacial score (nSPS) is 10.6. The molecule has 0 saturated carbocycles. The van der Waals surface area contributed by atoms with Gasteiger partial charge in [-0.05, 0) is 18.2 Å². The van der Waals surface area contributed by atoms with Crippen LogP contribution in [0.1, 0.15) is 17.4 Å². The van der Waals surface area contributed by atoms with Gasteiger partial charge in [0.05, 0.1) is 18.3 Å². The number of fused-ring (bicyclic) bond motifs is 1. The number of carbonyl (C=O) groups excluding carboxylic acids is 1. The van der Waals surface area contributed by atoms with Gasteiger partial charge in [-0.25, -0.2) is 4.39 Å². The highest BCUT2D eigenvalue weighted by Gasteiger charge is 2.12. The third-order valence-corrected chi connectivity index (χ3v) is 2.30. The van der Waals surface area contributed by atoms with Crippen molar-refractivity contribution < 1.29 is 13.9 Å². The summed E-state index contributed by atoms with van der Waals surface area (Å²) in [7, 11) is 1.51. The summed E-state index contributed by atoms with van der Waals surface area (Å²) in [5.74, 6) is 0.0288. The Morgan fingerprint density at radius 2 is 2.20 bits per heavy atom. The van der Waals surface area contributed by atoms with Crippen LogP contribution in [0.15, 0.2) is 18.2 Å². The van der Waals surface area contributed by atoms with E-state index < -0.39 is 5.82 Å². The van der Waals surface area contributed by atoms with E-state index in [1.54, 1.807) is 6.07 Å². The first-order chi connectivity index (χ1) is 7.13. The van der Waals surface area contributed by atoms with Crippen LogP contribution >= 0.6 is 0 Å². The van der Waals surface area contributed by atoms with Gasteiger partial charge in [0.15, 0.2) is 5.78 Å². The van der Waals surface area contributed by atoms with Crippen LogP contribution in [0, 0.1) is 5.82 Å². The third-order valence-electron chi connectivity index (χ3n) is 2.30. The molecule has 1 N–H and O–H groups in total. The van der Waals surface area contributed by atoms with Crippen LogP contribution in [0.3, 0.4) is 0 Å². The number of Topliss-reactive ketones (excluding diaryl/α,β-unsaturated/α-hetero) is 1. The fourth-order valence-electron chi connectivity index (χ4n) is 1.53. The number of hydrogen-bond acceptors (Lipinski definition) is 2. The Labute approximate surface area is 85.9 Å². The fourth-order valence-corrected chi connectivity index (χ4v) is 1.53. The molecule has 0 unspecified atom stereocenters. The maximum absolute atomic E-state index is 13.4. The average Bonchev–Trinajstić information content (AvgIpc) is 2.64. The van der Waals surface area contributed by atoms with Crippen molar-refractivity contribution in [3.8, 4) is 5.75 Å². The molecule has 0 aliphatic carbocycles. The van der Waals surface area contributed by atoms with Crippen LogP contribution in [-0.4, -0.2) is 17.9 Å². The Morgan fingerprint density at radius 3 is 2.80 bits per heavy atom. The van der Waals surface area contributed by atoms with Gasteiger partial charge in [-0.15, -0.1) is 0 Å². The highest BCUT2D eigenvalue weighted by Crippen LogP contribution is 2.28. The maximum atomic E-state index is 13.4. The molecular formula is C11H10FNO2. The lowest BCUT2D eigenvalue weighted by atomic mass is 10.2. The van der Waals surface area contributed by atoms with Gasteiger partial charge >= 0.3 is 0 Å². The highest BCUT2D eigenvalue weighted by molar-refractivity contribution is 5.99. The second-order valence-corrected chi connectivity index (χ2v) is 3.28. The van der Waals surface area contributed by atoms with Crippen molar-refractivity contribution in [2.45, 2.75) is 6.92 Å². The van der Waals surface area contributed by atoms with E-state index in [2.05, 4.69) is 4.98 Å². The monoisotopic (exact) mass is 207 g/mol. The molecule has 0 aliphatic heterocycles. The first-order valence-electron chi connectivity index (χ1n) is 4.49. The van der Waals surface area contributed by atoms with E-state index >= 15 is 0 Å². The molecule has 3 nitrogen and oxygen atoms in total. The van der Waals surface area contributed by atoms with E-state index in [0.29, 0.717) is 22.3 Å². The molecule has 0 saturated heterocycles. The zero-order valence-electron chi connectivity index (χ0n) is 8.43. The molecule has 1 heterocycles. The van der Waals surface area contributed by atoms with E-state index in [1.165, 1.54) is 26.2 Å². The highest BCUT2D eigenvalue weighted by atomic mass is 19.1. The first-order valence-corrected chi connectivity index (χ1v) is 4.49. The lowest BCUT2D eigenvalue weighted by molar-refractivity contribution is 0.101. The zero-order valence-corrected chi connectivity index (χ0v) is 8.43. The molecule has 0 fully saturated rings. The molecule has 15 heavy (non-hydrogen) atoms. The minimum absolute atomic E-state index is 0.132. The van der Waals surface area contributed by atoms with E-state index in [-0.39, 0.29) is 5.78 Å². The minimum Gasteiger partial charge on any atom is -0.496 e. The molecule has 0 amide bonds. The van der Waals surface area contributed by atoms with Gasteiger partial charge in [0.2, 0.25) is 0 Å². The smallest absolute Gasteiger partial charge is 0.175 e. The number of ketones is 1. The van der Waals surface area contributed by atoms with Crippen molar-refractivity contribution in [1.82, 2.24) is 4.98 Å². The second-order valence-electron chi connectivity index (χ2n) is 3.28. The number of nitrogens with one attached hydrogen (secondary N) is 1. The Morgan fingerprint density at radius 1 is 1.47 bits per heavy atom. The first kappa shape index (κ1) is 9.71. The lowest BCUT2D eigenvalue weighted by Gasteiger charge is -2.00. The Balaban J connectivity index is 2.77. The number of benzene rings is 1. The topological polar surface area (TPSA) is 42.1 Å². The standard InChI is InChI=1S/C11H10FNO2/c1-6(14)9-5-7-10(15-2)4-3-8(12)11(7)13-9/h3-5,13H,1-2H3. The number of aromatic nitrogens is 1. The molecule has 2 aromatic rings. The minimum atomic E-state index is -0.390. The molecule has 0 radical (unpaired) electrons. The van der Waals surface area contributed by atoms with Crippen LogP contribution in [0.25, 0.3) is 10.9 Å². The molecule has 0 spiro atoms. The number of hydrogen-bond donors (Lipinski definition) is 1. The number of H-pyrrole nitrogens is 1. The zero-order chi connectivity index (χ0) is 11.0. The predicted molar refractivity (Wildman–Crippen MR) is 54.8 cm³/mol. The van der Waals surface area contributed by atoms with Crippen LogP contribution < -0.4 is 4.74 Å². The molecule has 1 aromatic heterocycles. The van der Waals surface area contributed by atoms with Gasteiger partial charge in [0.25, 0.3) is 0 Å². The number of methoxy groups -OCH3 is 1. The summed E-state index contributed by atoms with van der Waals surface area (Å²) < 4.78 is 18.5. The molecular weight excluding hydrogens is 197 g/mol. The predicted octanol–water partition coefficient (Wildman–Crippen LogP) is 2.52. The SMILES string of the molecule is COc1ccc(F)c2[nH]c(C(C)=O)cc12. The molecule has 0 atom stereocenters. The quantitative estimate of drug-likeness (QED) is 0.769. The largest absolute Gasteiger partial charge is 0.496 e. The van der Waals surface area contributed by atoms with Gasteiger partial charge in [0.1, 0.15) is 11.6 Å². The fraction of sp³-hybridized carbons (Fsp3) is 0.182. The van der Waals surface area contributed by atoms with Crippen molar-refractivity contribution in [3.63, 3.8) is 0 Å². The van der Waals surface area contributed by atoms with Gasteiger partial charge in [-0.3, -0.25) is 4.79 Å². The maximum Gasteiger partial charge on any atom is 0.175 e. The Kier molecular flexibility index (Phi) is 2.19. The number of halogens is 1. The van der Waals surface area contributed by atoms with Crippen LogP contribution in [-0.2, 0) is 0 Å². The summed E-state index contributed by atoms with van der Waals surface area (Å²) in [6.45, 7) is 1.43. The number of aromatic amines is 1. The summed E-state index contributed by atoms with van der Waals surface area (Å²) >= 11 is 0. The summed E-state index contributed by atoms with van der Waals surface area (Å²) in [4.78, 5) is 13.9. The number of carbonyl (C=O) groups is 1. The van der Waals surface area contributed by atoms with Gasteiger partial charge in [-0.1, -0.05) is 0 Å². The molecule has 1 aromatic carbocycles. The molecule has 0 aliphatic rings. The van der Waals surface area contributed by atoms with Crippen LogP contribution in [0.5, 0.6) is 5.75 Å². The van der Waals surface area contributed by atoms with Gasteiger partial charge in [-0.2, -0.15) is 0 Å². The second kappa shape index (κ2) is 3.38. The van der Waals surface area contributed by atoms with Crippen molar-refractivity contribution in [2.24, 2.45) is 0 Å². The van der Waals surface area contributed by atoms with Crippen molar-refractivity contribution in [1.29, 1.82) is 0 Å². The van der Waals surface area contributed by atoms with E-state index in [4.69, 9.17) is 4.74 Å². The summed E-state index contributed by atoms with van der Waals surface area (Å²) in [5, 5.41) is 0.586. The molecule has 4 heteroatoms. The number of rotatable bonds is 2. The summed E-state index contributed by atoms with van der Waals surface area (Å²) in [6.07, 6.45) is 0. The molecule has 0 bridgehead atoms. The third kappa shape index (κ3) is 1.48. The van der Waals surface area contributed by atoms with E-state index in [0.717, 1.165) is 0 Å². The van der Waals surface area contributed by atoms with Crippen molar-refractivity contribution in [3.05, 3.63) is 29.7 Å². The van der Waals surface area contributed by atoms with E-state index in [9.17, 15) is 9.18 Å². The summed E-state index contributed by atoms with van der Waals surface area (Å²) in [6, 6.07) is 4.44. The van der Waals surface area contributed by atoms with Crippen LogP contribution in [0.4, 0.5) is 4.39 Å². The molecule has 2 rings (SSSR count). The number of ether oxygens (including phenoxy) is 1. The van der Waals surface area contributed by atoms with Gasteiger partial charge in [0, 0.05) is 12.3 Å². The van der Waals surface area contributed by atoms with Crippen LogP contribution in [0.2, 0.25) is 0 Å². The van der Waals surface area contributed by atoms with Gasteiger partial charge < -0.3 is 9.72 Å². The lowest BCUT2D eigenvalue weighted by Crippen LogP contribution is -1.90. The van der Waals surface area contributed by atoms with E-state index in [1.807, 2.05) is 0 Å². The van der Waals surface area contributed by atoms with Crippen molar-refractivity contribution in [2.75, 3.05) is 7.11 Å². The summed E-state index contributed by atoms with van der Waals surface area (Å²) in [5.41, 5.74) is 0.688. The average molecular weight is 207 g/mol. The van der Waals surface area contributed by atoms with Crippen molar-refractivity contribution >= 4 is 16.7 Å².